The van der Waals surface area contributed by atoms with Gasteiger partial charge in [-0.2, -0.15) is 0 Å². The number of aryl methyl sites for hydroxylation is 1. The normalized spacial score (nSPS) is 10.1. The van der Waals surface area contributed by atoms with E-state index in [1.807, 2.05) is 13.0 Å². The van der Waals surface area contributed by atoms with Gasteiger partial charge in [0.1, 0.15) is 5.00 Å². The van der Waals surface area contributed by atoms with E-state index in [-0.39, 0.29) is 5.91 Å². The molecule has 1 heterocycles. The second kappa shape index (κ2) is 4.28. The van der Waals surface area contributed by atoms with Crippen molar-refractivity contribution in [3.8, 4) is 0 Å². The third-order valence-corrected chi connectivity index (χ3v) is 2.63. The third-order valence-electron chi connectivity index (χ3n) is 2.05. The lowest BCUT2D eigenvalue weighted by Gasteiger charge is -2.05. The molecule has 2 rings (SSSR count). The Balaban J connectivity index is 2.21. The van der Waals surface area contributed by atoms with E-state index >= 15 is 0 Å². The fourth-order valence-corrected chi connectivity index (χ4v) is 1.71. The standard InChI is InChI=1S/C10H10N4OS/c1-6-2-3-7(8(11)4-6)10(15)13-9-5-12-14-16-9/h2-5H,11H2,1H3,(H,13,15). The molecule has 82 valence electrons. The molecule has 0 aliphatic rings. The Morgan fingerprint density at radius 2 is 2.31 bits per heavy atom. The Labute approximate surface area is 96.5 Å². The first-order valence-corrected chi connectivity index (χ1v) is 5.39. The van der Waals surface area contributed by atoms with Crippen molar-refractivity contribution < 1.29 is 4.79 Å². The Morgan fingerprint density at radius 1 is 1.50 bits per heavy atom. The van der Waals surface area contributed by atoms with E-state index in [2.05, 4.69) is 14.9 Å². The van der Waals surface area contributed by atoms with E-state index < -0.39 is 0 Å². The summed E-state index contributed by atoms with van der Waals surface area (Å²) in [5.41, 5.74) is 7.71. The molecular formula is C10H10N4OS. The summed E-state index contributed by atoms with van der Waals surface area (Å²) in [6, 6.07) is 5.31. The van der Waals surface area contributed by atoms with Crippen LogP contribution in [0.2, 0.25) is 0 Å². The molecule has 0 spiro atoms. The van der Waals surface area contributed by atoms with Crippen molar-refractivity contribution in [3.63, 3.8) is 0 Å². The fraction of sp³-hybridized carbons (Fsp3) is 0.100. The van der Waals surface area contributed by atoms with Gasteiger partial charge in [0, 0.05) is 17.2 Å². The molecule has 16 heavy (non-hydrogen) atoms. The van der Waals surface area contributed by atoms with Crippen molar-refractivity contribution in [1.29, 1.82) is 0 Å². The number of rotatable bonds is 2. The van der Waals surface area contributed by atoms with Crippen molar-refractivity contribution >= 4 is 28.1 Å². The van der Waals surface area contributed by atoms with Crippen LogP contribution in [0.1, 0.15) is 15.9 Å². The third kappa shape index (κ3) is 2.17. The predicted octanol–water partition coefficient (Wildman–Crippen LogP) is 1.68. The Kier molecular flexibility index (Phi) is 2.82. The zero-order valence-corrected chi connectivity index (χ0v) is 9.41. The summed E-state index contributed by atoms with van der Waals surface area (Å²) in [4.78, 5) is 11.8. The number of nitrogens with one attached hydrogen (secondary N) is 1. The minimum atomic E-state index is -0.247. The van der Waals surface area contributed by atoms with Gasteiger partial charge in [-0.15, -0.1) is 5.10 Å². The molecule has 0 atom stereocenters. The molecule has 0 unspecified atom stereocenters. The van der Waals surface area contributed by atoms with E-state index in [9.17, 15) is 4.79 Å². The zero-order chi connectivity index (χ0) is 11.5. The number of amides is 1. The van der Waals surface area contributed by atoms with Crippen LogP contribution in [-0.4, -0.2) is 15.5 Å². The molecule has 1 aromatic carbocycles. The lowest BCUT2D eigenvalue weighted by molar-refractivity contribution is 0.102. The number of nitrogens with zero attached hydrogens (tertiary/aromatic N) is 2. The molecule has 0 bridgehead atoms. The molecule has 2 aromatic rings. The van der Waals surface area contributed by atoms with Gasteiger partial charge in [-0.3, -0.25) is 4.79 Å². The van der Waals surface area contributed by atoms with Gasteiger partial charge in [0.2, 0.25) is 0 Å². The van der Waals surface area contributed by atoms with Gasteiger partial charge in [-0.25, -0.2) is 0 Å². The zero-order valence-electron chi connectivity index (χ0n) is 8.60. The van der Waals surface area contributed by atoms with Crippen LogP contribution in [-0.2, 0) is 0 Å². The first kappa shape index (κ1) is 10.6. The summed E-state index contributed by atoms with van der Waals surface area (Å²) >= 11 is 1.12. The van der Waals surface area contributed by atoms with Gasteiger partial charge in [0.15, 0.2) is 0 Å². The summed E-state index contributed by atoms with van der Waals surface area (Å²) in [6.07, 6.45) is 1.49. The van der Waals surface area contributed by atoms with Crippen molar-refractivity contribution in [2.24, 2.45) is 0 Å². The van der Waals surface area contributed by atoms with Gasteiger partial charge in [0.05, 0.1) is 11.8 Å². The number of benzene rings is 1. The minimum Gasteiger partial charge on any atom is -0.398 e. The molecule has 0 fully saturated rings. The highest BCUT2D eigenvalue weighted by Gasteiger charge is 2.10. The number of hydrogen-bond donors (Lipinski definition) is 2. The summed E-state index contributed by atoms with van der Waals surface area (Å²) in [6.45, 7) is 1.92. The second-order valence-corrected chi connectivity index (χ2v) is 4.11. The number of nitrogen functional groups attached to an aromatic ring is 1. The highest BCUT2D eigenvalue weighted by molar-refractivity contribution is 7.10. The molecule has 0 saturated carbocycles. The van der Waals surface area contributed by atoms with E-state index in [0.29, 0.717) is 16.3 Å². The molecular weight excluding hydrogens is 224 g/mol. The van der Waals surface area contributed by atoms with Crippen LogP contribution < -0.4 is 11.1 Å². The average molecular weight is 234 g/mol. The number of nitrogens with two attached hydrogens (primary N) is 1. The van der Waals surface area contributed by atoms with Crippen molar-refractivity contribution in [3.05, 3.63) is 35.5 Å². The largest absolute Gasteiger partial charge is 0.398 e. The highest BCUT2D eigenvalue weighted by Crippen LogP contribution is 2.17. The molecule has 0 radical (unpaired) electrons. The molecule has 5 nitrogen and oxygen atoms in total. The number of aromatic nitrogens is 2. The minimum absolute atomic E-state index is 0.247. The van der Waals surface area contributed by atoms with Crippen LogP contribution in [0.5, 0.6) is 0 Å². The predicted molar refractivity (Wildman–Crippen MR) is 63.5 cm³/mol. The highest BCUT2D eigenvalue weighted by atomic mass is 32.1. The summed E-state index contributed by atoms with van der Waals surface area (Å²) in [5.74, 6) is -0.247. The average Bonchev–Trinajstić information content (AvgIpc) is 2.70. The first-order chi connectivity index (χ1) is 7.66. The topological polar surface area (TPSA) is 80.9 Å². The first-order valence-electron chi connectivity index (χ1n) is 4.61. The lowest BCUT2D eigenvalue weighted by Crippen LogP contribution is -2.13. The fourth-order valence-electron chi connectivity index (χ4n) is 1.29. The number of hydrogen-bond acceptors (Lipinski definition) is 5. The maximum atomic E-state index is 11.8. The van der Waals surface area contributed by atoms with Crippen LogP contribution in [0.3, 0.4) is 0 Å². The molecule has 0 saturated heterocycles. The Bertz CT molecular complexity index is 510. The van der Waals surface area contributed by atoms with Gasteiger partial charge in [0.25, 0.3) is 5.91 Å². The van der Waals surface area contributed by atoms with Crippen LogP contribution in [0.4, 0.5) is 10.7 Å². The van der Waals surface area contributed by atoms with E-state index in [1.54, 1.807) is 12.1 Å². The molecule has 6 heteroatoms. The van der Waals surface area contributed by atoms with Crippen LogP contribution in [0.15, 0.2) is 24.4 Å². The van der Waals surface area contributed by atoms with Gasteiger partial charge < -0.3 is 11.1 Å². The number of carbonyl (C=O) groups excluding carboxylic acids is 1. The summed E-state index contributed by atoms with van der Waals surface area (Å²) in [5, 5.41) is 6.90. The monoisotopic (exact) mass is 234 g/mol. The molecule has 0 aliphatic carbocycles. The molecule has 0 aliphatic heterocycles. The second-order valence-electron chi connectivity index (χ2n) is 3.33. The van der Waals surface area contributed by atoms with Crippen LogP contribution in [0, 0.1) is 6.92 Å². The smallest absolute Gasteiger partial charge is 0.258 e. The quantitative estimate of drug-likeness (QED) is 0.775. The van der Waals surface area contributed by atoms with Crippen molar-refractivity contribution in [1.82, 2.24) is 9.59 Å². The Hall–Kier alpha value is -1.95. The number of carbonyl (C=O) groups is 1. The van der Waals surface area contributed by atoms with Crippen molar-refractivity contribution in [2.45, 2.75) is 6.92 Å². The van der Waals surface area contributed by atoms with E-state index in [1.165, 1.54) is 6.20 Å². The Morgan fingerprint density at radius 3 is 2.94 bits per heavy atom. The van der Waals surface area contributed by atoms with Crippen LogP contribution in [0.25, 0.3) is 0 Å². The molecule has 1 amide bonds. The molecule has 1 aromatic heterocycles. The maximum Gasteiger partial charge on any atom is 0.258 e. The van der Waals surface area contributed by atoms with Gasteiger partial charge >= 0.3 is 0 Å². The van der Waals surface area contributed by atoms with Gasteiger partial charge in [-0.1, -0.05) is 10.6 Å². The van der Waals surface area contributed by atoms with Crippen LogP contribution >= 0.6 is 11.5 Å². The van der Waals surface area contributed by atoms with Gasteiger partial charge in [-0.05, 0) is 24.6 Å². The maximum absolute atomic E-state index is 11.8. The molecule has 3 N–H and O–H groups in total. The summed E-state index contributed by atoms with van der Waals surface area (Å²) < 4.78 is 3.65. The summed E-state index contributed by atoms with van der Waals surface area (Å²) in [7, 11) is 0. The SMILES string of the molecule is Cc1ccc(C(=O)Nc2cnns2)c(N)c1. The van der Waals surface area contributed by atoms with Crippen molar-refractivity contribution in [2.75, 3.05) is 11.1 Å². The van der Waals surface area contributed by atoms with E-state index in [0.717, 1.165) is 17.1 Å². The van der Waals surface area contributed by atoms with E-state index in [4.69, 9.17) is 5.73 Å². The lowest BCUT2D eigenvalue weighted by atomic mass is 10.1. The number of anilines is 2.